The zero-order valence-electron chi connectivity index (χ0n) is 27.7. The summed E-state index contributed by atoms with van der Waals surface area (Å²) in [6, 6.07) is 17.5. The van der Waals surface area contributed by atoms with Gasteiger partial charge in [0.1, 0.15) is 30.3 Å². The number of aliphatic hydroxyl groups is 1. The van der Waals surface area contributed by atoms with Crippen molar-refractivity contribution >= 4 is 17.9 Å². The lowest BCUT2D eigenvalue weighted by Gasteiger charge is -2.30. The van der Waals surface area contributed by atoms with Crippen LogP contribution in [0.2, 0.25) is 0 Å². The zero-order chi connectivity index (χ0) is 33.6. The number of imidazole rings is 1. The van der Waals surface area contributed by atoms with Crippen LogP contribution in [-0.2, 0) is 38.8 Å². The lowest BCUT2D eigenvalue weighted by molar-refractivity contribution is -0.128. The summed E-state index contributed by atoms with van der Waals surface area (Å²) in [5, 5.41) is 19.8. The number of alkyl carbamates (subject to hydrolysis) is 1. The van der Waals surface area contributed by atoms with Crippen LogP contribution in [0.1, 0.15) is 82.4 Å². The highest BCUT2D eigenvalue weighted by Crippen LogP contribution is 2.30. The van der Waals surface area contributed by atoms with Crippen LogP contribution < -0.4 is 16.0 Å². The monoisotopic (exact) mass is 647 g/mol. The van der Waals surface area contributed by atoms with Crippen LogP contribution in [0.15, 0.2) is 73.1 Å². The number of aliphatic hydroxyl groups excluding tert-OH is 1. The quantitative estimate of drug-likeness (QED) is 0.186. The number of hydrogen-bond acceptors (Lipinski definition) is 7. The molecule has 0 radical (unpaired) electrons. The second-order valence-corrected chi connectivity index (χ2v) is 13.2. The fourth-order valence-electron chi connectivity index (χ4n) is 5.82. The predicted octanol–water partition coefficient (Wildman–Crippen LogP) is 4.80. The van der Waals surface area contributed by atoms with Gasteiger partial charge in [0, 0.05) is 18.8 Å². The molecule has 0 spiro atoms. The van der Waals surface area contributed by atoms with Crippen molar-refractivity contribution < 1.29 is 29.0 Å². The third kappa shape index (κ3) is 12.1. The van der Waals surface area contributed by atoms with Crippen molar-refractivity contribution in [2.45, 2.75) is 103 Å². The summed E-state index contributed by atoms with van der Waals surface area (Å²) >= 11 is 0. The van der Waals surface area contributed by atoms with E-state index in [1.54, 1.807) is 37.7 Å². The van der Waals surface area contributed by atoms with Gasteiger partial charge in [0.25, 0.3) is 0 Å². The standard InChI is InChI=1S/C36H49N5O6/c1-36(2,3)47-35(45)40-30(22-27-15-9-5-10-16-27)34(44)38-23-31(42)39-29(21-26-13-7-4-8-14-26)32(43)33-37-19-20-41(33)25-46-24-28-17-11-6-12-18-28/h5-6,9-12,15-20,26,29-30,32,43H,4,7-8,13-14,21-25H2,1-3H3,(H,38,44)(H,39,42)(H,40,45)/t29-,30-,32+/m0/s1. The molecule has 4 N–H and O–H groups in total. The molecule has 47 heavy (non-hydrogen) atoms. The van der Waals surface area contributed by atoms with Gasteiger partial charge >= 0.3 is 6.09 Å². The van der Waals surface area contributed by atoms with E-state index in [1.807, 2.05) is 60.7 Å². The number of carbonyl (C=O) groups is 3. The maximum absolute atomic E-state index is 13.3. The van der Waals surface area contributed by atoms with E-state index in [1.165, 1.54) is 6.42 Å². The first kappa shape index (κ1) is 35.6. The number of carbonyl (C=O) groups excluding carboxylic acids is 3. The third-order valence-corrected chi connectivity index (χ3v) is 8.11. The molecular formula is C36H49N5O6. The predicted molar refractivity (Wildman–Crippen MR) is 178 cm³/mol. The highest BCUT2D eigenvalue weighted by Gasteiger charge is 2.31. The summed E-state index contributed by atoms with van der Waals surface area (Å²) in [6.07, 6.45) is 7.81. The maximum atomic E-state index is 13.3. The van der Waals surface area contributed by atoms with Crippen molar-refractivity contribution in [2.24, 2.45) is 5.92 Å². The summed E-state index contributed by atoms with van der Waals surface area (Å²) in [4.78, 5) is 43.5. The number of nitrogens with zero attached hydrogens (tertiary/aromatic N) is 2. The van der Waals surface area contributed by atoms with Crippen molar-refractivity contribution in [3.63, 3.8) is 0 Å². The first-order valence-corrected chi connectivity index (χ1v) is 16.5. The van der Waals surface area contributed by atoms with E-state index in [0.29, 0.717) is 24.8 Å². The van der Waals surface area contributed by atoms with E-state index in [2.05, 4.69) is 20.9 Å². The Hall–Kier alpha value is -4.22. The molecule has 3 aromatic rings. The van der Waals surface area contributed by atoms with Crippen molar-refractivity contribution in [2.75, 3.05) is 6.54 Å². The molecule has 0 unspecified atom stereocenters. The highest BCUT2D eigenvalue weighted by molar-refractivity contribution is 5.89. The summed E-state index contributed by atoms with van der Waals surface area (Å²) in [5.74, 6) is -0.227. The van der Waals surface area contributed by atoms with E-state index in [-0.39, 0.29) is 19.7 Å². The third-order valence-electron chi connectivity index (χ3n) is 8.11. The Balaban J connectivity index is 1.39. The van der Waals surface area contributed by atoms with Crippen LogP contribution in [0, 0.1) is 5.92 Å². The van der Waals surface area contributed by atoms with Crippen LogP contribution in [0.4, 0.5) is 4.79 Å². The Kier molecular flexibility index (Phi) is 13.4. The van der Waals surface area contributed by atoms with Crippen LogP contribution >= 0.6 is 0 Å². The summed E-state index contributed by atoms with van der Waals surface area (Å²) < 4.78 is 13.0. The molecule has 0 bridgehead atoms. The Bertz CT molecular complexity index is 1400. The largest absolute Gasteiger partial charge is 0.444 e. The fourth-order valence-corrected chi connectivity index (χ4v) is 5.82. The average molecular weight is 648 g/mol. The van der Waals surface area contributed by atoms with Gasteiger partial charge in [-0.2, -0.15) is 0 Å². The van der Waals surface area contributed by atoms with Gasteiger partial charge in [-0.1, -0.05) is 92.8 Å². The number of rotatable bonds is 15. The molecule has 1 aliphatic carbocycles. The fraction of sp³-hybridized carbons (Fsp3) is 0.500. The molecule has 3 amide bonds. The van der Waals surface area contributed by atoms with E-state index < -0.39 is 41.7 Å². The van der Waals surface area contributed by atoms with Crippen molar-refractivity contribution in [3.8, 4) is 0 Å². The van der Waals surface area contributed by atoms with E-state index in [0.717, 1.165) is 36.8 Å². The number of benzene rings is 2. The lowest BCUT2D eigenvalue weighted by Crippen LogP contribution is -2.52. The molecule has 2 aromatic carbocycles. The summed E-state index contributed by atoms with van der Waals surface area (Å²) in [5.41, 5.74) is 1.13. The average Bonchev–Trinajstić information content (AvgIpc) is 3.52. The molecule has 0 aliphatic heterocycles. The van der Waals surface area contributed by atoms with Gasteiger partial charge in [-0.3, -0.25) is 9.59 Å². The number of amides is 3. The van der Waals surface area contributed by atoms with E-state index in [4.69, 9.17) is 9.47 Å². The number of nitrogens with one attached hydrogen (secondary N) is 3. The molecule has 0 saturated heterocycles. The van der Waals surface area contributed by atoms with Crippen molar-refractivity contribution in [1.29, 1.82) is 0 Å². The Labute approximate surface area is 277 Å². The summed E-state index contributed by atoms with van der Waals surface area (Å²) in [6.45, 7) is 5.49. The van der Waals surface area contributed by atoms with Crippen molar-refractivity contribution in [1.82, 2.24) is 25.5 Å². The minimum Gasteiger partial charge on any atom is -0.444 e. The van der Waals surface area contributed by atoms with Gasteiger partial charge in [-0.25, -0.2) is 9.78 Å². The van der Waals surface area contributed by atoms with Gasteiger partial charge in [0.2, 0.25) is 11.8 Å². The molecule has 3 atom stereocenters. The maximum Gasteiger partial charge on any atom is 0.408 e. The van der Waals surface area contributed by atoms with Gasteiger partial charge in [-0.05, 0) is 44.2 Å². The van der Waals surface area contributed by atoms with Crippen LogP contribution in [-0.4, -0.2) is 56.8 Å². The Morgan fingerprint density at radius 1 is 0.957 bits per heavy atom. The molecule has 4 rings (SSSR count). The zero-order valence-corrected chi connectivity index (χ0v) is 27.7. The number of aromatic nitrogens is 2. The topological polar surface area (TPSA) is 144 Å². The SMILES string of the molecule is CC(C)(C)OC(=O)N[C@@H](Cc1ccccc1)C(=O)NCC(=O)N[C@@H](CC1CCCCC1)[C@@H](O)c1nccn1COCc1ccccc1. The molecule has 1 fully saturated rings. The molecule has 1 heterocycles. The minimum absolute atomic E-state index is 0.189. The van der Waals surface area contributed by atoms with Crippen LogP contribution in [0.5, 0.6) is 0 Å². The van der Waals surface area contributed by atoms with Crippen LogP contribution in [0.25, 0.3) is 0 Å². The van der Waals surface area contributed by atoms with Gasteiger partial charge in [0.15, 0.2) is 0 Å². The normalized spacial score (nSPS) is 15.7. The Morgan fingerprint density at radius 2 is 1.62 bits per heavy atom. The van der Waals surface area contributed by atoms with Gasteiger partial charge < -0.3 is 35.1 Å². The second kappa shape index (κ2) is 17.6. The van der Waals surface area contributed by atoms with Crippen molar-refractivity contribution in [3.05, 3.63) is 90.0 Å². The van der Waals surface area contributed by atoms with E-state index in [9.17, 15) is 19.5 Å². The van der Waals surface area contributed by atoms with Gasteiger partial charge in [0.05, 0.1) is 19.2 Å². The molecule has 1 aromatic heterocycles. The number of ether oxygens (including phenoxy) is 2. The molecule has 11 nitrogen and oxygen atoms in total. The smallest absolute Gasteiger partial charge is 0.408 e. The lowest BCUT2D eigenvalue weighted by atomic mass is 9.83. The molecule has 11 heteroatoms. The first-order valence-electron chi connectivity index (χ1n) is 16.5. The highest BCUT2D eigenvalue weighted by atomic mass is 16.6. The Morgan fingerprint density at radius 3 is 2.28 bits per heavy atom. The summed E-state index contributed by atoms with van der Waals surface area (Å²) in [7, 11) is 0. The number of hydrogen-bond donors (Lipinski definition) is 4. The minimum atomic E-state index is -1.09. The molecule has 1 saturated carbocycles. The molecule has 254 valence electrons. The van der Waals surface area contributed by atoms with E-state index >= 15 is 0 Å². The first-order chi connectivity index (χ1) is 22.6. The second-order valence-electron chi connectivity index (χ2n) is 13.2. The van der Waals surface area contributed by atoms with Gasteiger partial charge in [-0.15, -0.1) is 0 Å². The van der Waals surface area contributed by atoms with Crippen LogP contribution in [0.3, 0.4) is 0 Å². The molecular weight excluding hydrogens is 598 g/mol. The molecule has 1 aliphatic rings.